The van der Waals surface area contributed by atoms with Crippen LogP contribution < -0.4 is 0 Å². The lowest BCUT2D eigenvalue weighted by Gasteiger charge is -1.97. The van der Waals surface area contributed by atoms with E-state index in [1.54, 1.807) is 12.4 Å². The lowest BCUT2D eigenvalue weighted by Crippen LogP contribution is -1.69. The Morgan fingerprint density at radius 2 is 1.33 bits per heavy atom. The maximum atomic E-state index is 4.19. The number of para-hydroxylation sites is 2. The normalized spacial score (nSPS) is 11.5. The van der Waals surface area contributed by atoms with E-state index in [-0.39, 0.29) is 0 Å². The smallest absolute Gasteiger partial charge is 0.0881 e. The van der Waals surface area contributed by atoms with E-state index in [2.05, 4.69) is 9.98 Å². The summed E-state index contributed by atoms with van der Waals surface area (Å²) >= 11 is 0. The van der Waals surface area contributed by atoms with Gasteiger partial charge in [0.2, 0.25) is 0 Å². The summed E-state index contributed by atoms with van der Waals surface area (Å²) in [5.74, 6) is 0. The molecule has 2 nitrogen and oxygen atoms in total. The first-order valence-corrected chi connectivity index (χ1v) is 3.95. The van der Waals surface area contributed by atoms with E-state index in [9.17, 15) is 0 Å². The number of hydrogen-bond donors (Lipinski definition) is 0. The molecule has 0 unspecified atom stereocenters. The van der Waals surface area contributed by atoms with Crippen LogP contribution in [0.4, 0.5) is 11.4 Å². The molecule has 0 bridgehead atoms. The van der Waals surface area contributed by atoms with Crippen LogP contribution in [0.25, 0.3) is 0 Å². The van der Waals surface area contributed by atoms with Crippen LogP contribution in [0, 0.1) is 0 Å². The fourth-order valence-electron chi connectivity index (χ4n) is 0.961. The van der Waals surface area contributed by atoms with Crippen molar-refractivity contribution in [3.8, 4) is 0 Å². The number of aliphatic imine (C=N–C) groups is 2. The highest BCUT2D eigenvalue weighted by molar-refractivity contribution is 5.72. The molecule has 0 aliphatic rings. The van der Waals surface area contributed by atoms with Crippen LogP contribution in [-0.2, 0) is 0 Å². The first-order chi connectivity index (χ1) is 5.88. The summed E-state index contributed by atoms with van der Waals surface area (Å²) in [5.41, 5.74) is 1.83. The molecule has 0 saturated heterocycles. The van der Waals surface area contributed by atoms with Gasteiger partial charge in [-0.15, -0.1) is 0 Å². The average Bonchev–Trinajstić information content (AvgIpc) is 2.09. The quantitative estimate of drug-likeness (QED) is 0.594. The fraction of sp³-hybridized carbons (Fsp3) is 0.200. The zero-order valence-corrected chi connectivity index (χ0v) is 7.36. The van der Waals surface area contributed by atoms with Crippen molar-refractivity contribution >= 4 is 23.8 Å². The number of hydrogen-bond acceptors (Lipinski definition) is 2. The maximum absolute atomic E-state index is 4.19. The van der Waals surface area contributed by atoms with Gasteiger partial charge in [0.15, 0.2) is 0 Å². The Bertz CT molecular complexity index is 269. The van der Waals surface area contributed by atoms with Gasteiger partial charge >= 0.3 is 0 Å². The molecule has 62 valence electrons. The van der Waals surface area contributed by atoms with Gasteiger partial charge in [-0.3, -0.25) is 9.98 Å². The molecule has 0 aliphatic heterocycles. The molecule has 0 atom stereocenters. The largest absolute Gasteiger partial charge is 0.259 e. The molecule has 1 aromatic rings. The summed E-state index contributed by atoms with van der Waals surface area (Å²) < 4.78 is 0. The predicted octanol–water partition coefficient (Wildman–Crippen LogP) is 3.13. The van der Waals surface area contributed by atoms with Crippen molar-refractivity contribution in [2.45, 2.75) is 13.8 Å². The highest BCUT2D eigenvalue weighted by Crippen LogP contribution is 2.26. The first kappa shape index (κ1) is 8.65. The number of benzene rings is 1. The molecule has 0 amide bonds. The summed E-state index contributed by atoms with van der Waals surface area (Å²) in [5, 5.41) is 0. The van der Waals surface area contributed by atoms with Crippen molar-refractivity contribution in [2.24, 2.45) is 9.98 Å². The Kier molecular flexibility index (Phi) is 3.20. The summed E-state index contributed by atoms with van der Waals surface area (Å²) in [7, 11) is 0. The van der Waals surface area contributed by atoms with E-state index in [1.807, 2.05) is 38.1 Å². The minimum atomic E-state index is 0.915. The van der Waals surface area contributed by atoms with Gasteiger partial charge in [-0.05, 0) is 26.0 Å². The molecule has 0 aliphatic carbocycles. The Balaban J connectivity index is 3.08. The van der Waals surface area contributed by atoms with Gasteiger partial charge in [-0.1, -0.05) is 12.1 Å². The van der Waals surface area contributed by atoms with E-state index < -0.39 is 0 Å². The van der Waals surface area contributed by atoms with E-state index >= 15 is 0 Å². The zero-order valence-electron chi connectivity index (χ0n) is 7.36. The second-order valence-electron chi connectivity index (χ2n) is 2.26. The predicted molar refractivity (Wildman–Crippen MR) is 54.1 cm³/mol. The van der Waals surface area contributed by atoms with Gasteiger partial charge < -0.3 is 0 Å². The topological polar surface area (TPSA) is 24.7 Å². The molecule has 12 heavy (non-hydrogen) atoms. The van der Waals surface area contributed by atoms with Crippen molar-refractivity contribution in [3.63, 3.8) is 0 Å². The molecule has 0 fully saturated rings. The van der Waals surface area contributed by atoms with Crippen LogP contribution in [0.3, 0.4) is 0 Å². The molecule has 2 heteroatoms. The summed E-state index contributed by atoms with van der Waals surface area (Å²) in [4.78, 5) is 8.37. The Morgan fingerprint density at radius 3 is 1.67 bits per heavy atom. The van der Waals surface area contributed by atoms with Crippen LogP contribution in [0.5, 0.6) is 0 Å². The number of nitrogens with zero attached hydrogens (tertiary/aromatic N) is 2. The highest BCUT2D eigenvalue weighted by atomic mass is 14.8. The molecular weight excluding hydrogens is 148 g/mol. The molecule has 0 spiro atoms. The van der Waals surface area contributed by atoms with Crippen LogP contribution in [0.15, 0.2) is 34.3 Å². The molecule has 0 N–H and O–H groups in total. The molecule has 1 rings (SSSR count). The zero-order chi connectivity index (χ0) is 8.81. The third-order valence-electron chi connectivity index (χ3n) is 1.42. The summed E-state index contributed by atoms with van der Waals surface area (Å²) in [6, 6.07) is 7.80. The van der Waals surface area contributed by atoms with Crippen molar-refractivity contribution in [1.29, 1.82) is 0 Å². The molecule has 0 saturated carbocycles. The second-order valence-corrected chi connectivity index (χ2v) is 2.26. The van der Waals surface area contributed by atoms with Crippen molar-refractivity contribution in [1.82, 2.24) is 0 Å². The molecular formula is C10H12N2. The minimum absolute atomic E-state index is 0.915. The van der Waals surface area contributed by atoms with Crippen LogP contribution >= 0.6 is 0 Å². The lowest BCUT2D eigenvalue weighted by molar-refractivity contribution is 1.45. The summed E-state index contributed by atoms with van der Waals surface area (Å²) in [6.07, 6.45) is 3.54. The van der Waals surface area contributed by atoms with E-state index in [0.29, 0.717) is 0 Å². The Labute approximate surface area is 72.7 Å². The Hall–Kier alpha value is -1.44. The van der Waals surface area contributed by atoms with Crippen LogP contribution in [0.1, 0.15) is 13.8 Å². The SMILES string of the molecule is CC=Nc1ccccc1N=CC. The molecule has 0 heterocycles. The van der Waals surface area contributed by atoms with Crippen LogP contribution in [-0.4, -0.2) is 12.4 Å². The van der Waals surface area contributed by atoms with Gasteiger partial charge in [0.05, 0.1) is 11.4 Å². The second kappa shape index (κ2) is 4.44. The number of rotatable bonds is 2. The van der Waals surface area contributed by atoms with Gasteiger partial charge in [-0.2, -0.15) is 0 Å². The standard InChI is InChI=1S/C10H12N2/c1-3-11-9-7-5-6-8-10(9)12-4-2/h3-8H,1-2H3. The third-order valence-corrected chi connectivity index (χ3v) is 1.42. The summed E-state index contributed by atoms with van der Waals surface area (Å²) in [6.45, 7) is 3.79. The maximum Gasteiger partial charge on any atom is 0.0881 e. The minimum Gasteiger partial charge on any atom is -0.259 e. The van der Waals surface area contributed by atoms with Crippen molar-refractivity contribution in [2.75, 3.05) is 0 Å². The lowest BCUT2D eigenvalue weighted by atomic mass is 10.3. The third kappa shape index (κ3) is 2.02. The van der Waals surface area contributed by atoms with Crippen molar-refractivity contribution < 1.29 is 0 Å². The van der Waals surface area contributed by atoms with E-state index in [0.717, 1.165) is 11.4 Å². The monoisotopic (exact) mass is 160 g/mol. The van der Waals surface area contributed by atoms with Gasteiger partial charge in [0, 0.05) is 12.4 Å². The average molecular weight is 160 g/mol. The Morgan fingerprint density at radius 1 is 0.917 bits per heavy atom. The first-order valence-electron chi connectivity index (χ1n) is 3.95. The molecule has 0 aromatic heterocycles. The van der Waals surface area contributed by atoms with Crippen molar-refractivity contribution in [3.05, 3.63) is 24.3 Å². The molecule has 1 aromatic carbocycles. The fourth-order valence-corrected chi connectivity index (χ4v) is 0.961. The van der Waals surface area contributed by atoms with Crippen LogP contribution in [0.2, 0.25) is 0 Å². The van der Waals surface area contributed by atoms with Gasteiger partial charge in [0.1, 0.15) is 0 Å². The van der Waals surface area contributed by atoms with E-state index in [1.165, 1.54) is 0 Å². The van der Waals surface area contributed by atoms with E-state index in [4.69, 9.17) is 0 Å². The van der Waals surface area contributed by atoms with Gasteiger partial charge in [-0.25, -0.2) is 0 Å². The van der Waals surface area contributed by atoms with Gasteiger partial charge in [0.25, 0.3) is 0 Å². The highest BCUT2D eigenvalue weighted by Gasteiger charge is 1.93. The molecule has 0 radical (unpaired) electrons.